The summed E-state index contributed by atoms with van der Waals surface area (Å²) in [5.41, 5.74) is 0. The lowest BCUT2D eigenvalue weighted by Crippen LogP contribution is -2.37. The number of rotatable bonds is 38. The first-order chi connectivity index (χ1) is 26.8. The van der Waals surface area contributed by atoms with Crippen LogP contribution < -0.4 is 4.89 Å². The van der Waals surface area contributed by atoms with E-state index in [-0.39, 0.29) is 45.3 Å². The van der Waals surface area contributed by atoms with Crippen LogP contribution in [0.25, 0.3) is 0 Å². The number of carbonyl (C=O) groups excluding carboxylic acids is 2. The summed E-state index contributed by atoms with van der Waals surface area (Å²) in [5.74, 6) is -1.13. The molecule has 0 heterocycles. The number of aliphatic hydroxyl groups is 2. The zero-order chi connectivity index (χ0) is 41.8. The van der Waals surface area contributed by atoms with Gasteiger partial charge in [-0.25, -0.2) is 0 Å². The second-order valence-electron chi connectivity index (χ2n) is 15.7. The summed E-state index contributed by atoms with van der Waals surface area (Å²) in [5, 5.41) is 20.8. The Morgan fingerprint density at radius 1 is 0.643 bits per heavy atom. The number of hydrogen-bond acceptors (Lipinski definition) is 10. The highest BCUT2D eigenvalue weighted by atomic mass is 31.2. The molecule has 12 heteroatoms. The number of allylic oxidation sites excluding steroid dienone is 7. The van der Waals surface area contributed by atoms with Gasteiger partial charge in [-0.2, -0.15) is 0 Å². The van der Waals surface area contributed by atoms with Gasteiger partial charge in [-0.05, 0) is 77.0 Å². The predicted octanol–water partition coefficient (Wildman–Crippen LogP) is 9.22. The van der Waals surface area contributed by atoms with E-state index in [2.05, 4.69) is 50.3 Å². The highest BCUT2D eigenvalue weighted by Gasteiger charge is 2.22. The van der Waals surface area contributed by atoms with Crippen LogP contribution in [-0.2, 0) is 32.7 Å². The van der Waals surface area contributed by atoms with Crippen LogP contribution in [-0.4, -0.2) is 92.5 Å². The standard InChI is InChI=1S/C44H80NO10P/c1-6-8-10-12-14-16-18-20-22-24-26-28-30-34-43(48)52-38-40(39-54-56(50,51)53-37-36-45(3,4)5)55-44(49)35-31-33-42(47)41(46)32-29-27-25-23-21-19-17-15-13-11-9-7-2/h15-18,21,23,27,29,40-42,46-47H,6-14,19-20,22,24-26,28,30-39H2,1-5H3/b17-15-,18-16-,23-21-,29-27-/t40-,41?,42?/m1/s1. The Labute approximate surface area is 340 Å². The minimum absolute atomic E-state index is 0.0856. The first-order valence-corrected chi connectivity index (χ1v) is 23.0. The second-order valence-corrected chi connectivity index (χ2v) is 17.1. The summed E-state index contributed by atoms with van der Waals surface area (Å²) >= 11 is 0. The van der Waals surface area contributed by atoms with Crippen molar-refractivity contribution in [2.45, 2.75) is 173 Å². The first-order valence-electron chi connectivity index (χ1n) is 21.5. The lowest BCUT2D eigenvalue weighted by Gasteiger charge is -2.28. The van der Waals surface area contributed by atoms with E-state index in [1.54, 1.807) is 0 Å². The number of esters is 2. The Morgan fingerprint density at radius 2 is 1.16 bits per heavy atom. The van der Waals surface area contributed by atoms with Crippen molar-refractivity contribution in [3.05, 3.63) is 48.6 Å². The van der Waals surface area contributed by atoms with Crippen LogP contribution in [0.1, 0.15) is 155 Å². The average Bonchev–Trinajstić information content (AvgIpc) is 3.14. The van der Waals surface area contributed by atoms with Crippen LogP contribution in [0.5, 0.6) is 0 Å². The Bertz CT molecular complexity index is 1130. The lowest BCUT2D eigenvalue weighted by atomic mass is 10.0. The maximum Gasteiger partial charge on any atom is 0.306 e. The SMILES string of the molecule is CCCCC/C=C\C/C=C\C/C=C\CC(O)C(O)CCCC(=O)O[C@H](COC(=O)CCCCCCC/C=C\CCCCCC)COP(=O)([O-])OCC[N+](C)(C)C. The van der Waals surface area contributed by atoms with Crippen molar-refractivity contribution < 1.29 is 52.3 Å². The fraction of sp³-hybridized carbons (Fsp3) is 0.773. The topological polar surface area (TPSA) is 152 Å². The molecule has 0 aliphatic carbocycles. The Morgan fingerprint density at radius 3 is 1.80 bits per heavy atom. The first kappa shape index (κ1) is 53.9. The molecule has 0 aromatic heterocycles. The number of nitrogens with zero attached hydrogens (tertiary/aromatic N) is 1. The smallest absolute Gasteiger partial charge is 0.306 e. The van der Waals surface area contributed by atoms with Crippen LogP contribution in [0.15, 0.2) is 48.6 Å². The van der Waals surface area contributed by atoms with Gasteiger partial charge in [0.25, 0.3) is 7.82 Å². The number of hydrogen-bond donors (Lipinski definition) is 2. The van der Waals surface area contributed by atoms with Crippen LogP contribution in [0.2, 0.25) is 0 Å². The molecule has 3 unspecified atom stereocenters. The molecule has 0 saturated carbocycles. The van der Waals surface area contributed by atoms with Gasteiger partial charge in [0.1, 0.15) is 19.8 Å². The van der Waals surface area contributed by atoms with Gasteiger partial charge in [-0.3, -0.25) is 14.2 Å². The van der Waals surface area contributed by atoms with Gasteiger partial charge in [0.15, 0.2) is 6.10 Å². The summed E-state index contributed by atoms with van der Waals surface area (Å²) in [6.45, 7) is 3.81. The van der Waals surface area contributed by atoms with Crippen molar-refractivity contribution in [2.75, 3.05) is 47.5 Å². The Kier molecular flexibility index (Phi) is 34.6. The van der Waals surface area contributed by atoms with Crippen molar-refractivity contribution >= 4 is 19.8 Å². The van der Waals surface area contributed by atoms with E-state index < -0.39 is 44.7 Å². The van der Waals surface area contributed by atoms with E-state index in [9.17, 15) is 29.3 Å². The number of unbranched alkanes of at least 4 members (excludes halogenated alkanes) is 12. The van der Waals surface area contributed by atoms with E-state index >= 15 is 0 Å². The molecule has 0 fully saturated rings. The monoisotopic (exact) mass is 814 g/mol. The minimum Gasteiger partial charge on any atom is -0.756 e. The van der Waals surface area contributed by atoms with E-state index in [0.29, 0.717) is 17.4 Å². The molecule has 0 rings (SSSR count). The van der Waals surface area contributed by atoms with Crippen molar-refractivity contribution in [1.82, 2.24) is 0 Å². The molecule has 56 heavy (non-hydrogen) atoms. The fourth-order valence-electron chi connectivity index (χ4n) is 5.46. The van der Waals surface area contributed by atoms with Crippen LogP contribution in [0.4, 0.5) is 0 Å². The highest BCUT2D eigenvalue weighted by Crippen LogP contribution is 2.38. The normalized spacial score (nSPS) is 15.2. The zero-order valence-electron chi connectivity index (χ0n) is 35.8. The molecule has 0 bridgehead atoms. The summed E-state index contributed by atoms with van der Waals surface area (Å²) < 4.78 is 33.6. The second kappa shape index (κ2) is 36.0. The number of likely N-dealkylation sites (N-methyl/N-ethyl adjacent to an activating group) is 1. The van der Waals surface area contributed by atoms with E-state index in [4.69, 9.17) is 18.5 Å². The minimum atomic E-state index is -4.71. The summed E-state index contributed by atoms with van der Waals surface area (Å²) in [6, 6.07) is 0. The maximum atomic E-state index is 12.7. The van der Waals surface area contributed by atoms with Crippen LogP contribution in [0.3, 0.4) is 0 Å². The van der Waals surface area contributed by atoms with Gasteiger partial charge >= 0.3 is 11.9 Å². The van der Waals surface area contributed by atoms with Gasteiger partial charge < -0.3 is 38.1 Å². The Hall–Kier alpha value is -2.11. The van der Waals surface area contributed by atoms with Crippen LogP contribution >= 0.6 is 7.82 Å². The molecule has 0 saturated heterocycles. The molecule has 2 N–H and O–H groups in total. The molecule has 0 aliphatic heterocycles. The third-order valence-electron chi connectivity index (χ3n) is 9.02. The largest absolute Gasteiger partial charge is 0.756 e. The van der Waals surface area contributed by atoms with Gasteiger partial charge in [0.2, 0.25) is 0 Å². The number of phosphoric acid groups is 1. The molecular formula is C44H80NO10P. The molecular weight excluding hydrogens is 733 g/mol. The number of carbonyl (C=O) groups is 2. The van der Waals surface area contributed by atoms with Crippen molar-refractivity contribution in [3.8, 4) is 0 Å². The molecule has 4 atom stereocenters. The van der Waals surface area contributed by atoms with Crippen molar-refractivity contribution in [1.29, 1.82) is 0 Å². The van der Waals surface area contributed by atoms with Gasteiger partial charge in [0, 0.05) is 12.8 Å². The molecule has 0 aliphatic rings. The molecule has 0 spiro atoms. The Balaban J connectivity index is 4.66. The third kappa shape index (κ3) is 37.5. The highest BCUT2D eigenvalue weighted by molar-refractivity contribution is 7.45. The summed E-state index contributed by atoms with van der Waals surface area (Å²) in [7, 11) is 0.978. The lowest BCUT2D eigenvalue weighted by molar-refractivity contribution is -0.870. The number of aliphatic hydroxyl groups excluding tert-OH is 2. The quantitative estimate of drug-likeness (QED) is 0.0203. The number of phosphoric ester groups is 1. The third-order valence-corrected chi connectivity index (χ3v) is 9.99. The van der Waals surface area contributed by atoms with Gasteiger partial charge in [-0.1, -0.05) is 114 Å². The molecule has 0 aromatic carbocycles. The van der Waals surface area contributed by atoms with Crippen molar-refractivity contribution in [2.24, 2.45) is 0 Å². The zero-order valence-corrected chi connectivity index (χ0v) is 36.7. The number of ether oxygens (including phenoxy) is 2. The summed E-state index contributed by atoms with van der Waals surface area (Å²) in [4.78, 5) is 37.5. The van der Waals surface area contributed by atoms with Crippen molar-refractivity contribution in [3.63, 3.8) is 0 Å². The van der Waals surface area contributed by atoms with E-state index in [1.165, 1.54) is 44.9 Å². The fourth-order valence-corrected chi connectivity index (χ4v) is 6.19. The average molecular weight is 814 g/mol. The van der Waals surface area contributed by atoms with Crippen LogP contribution in [0, 0.1) is 0 Å². The molecule has 0 radical (unpaired) electrons. The summed E-state index contributed by atoms with van der Waals surface area (Å²) in [6.07, 6.45) is 33.1. The molecule has 326 valence electrons. The number of quaternary nitrogens is 1. The predicted molar refractivity (Wildman–Crippen MR) is 225 cm³/mol. The molecule has 0 aromatic rings. The van der Waals surface area contributed by atoms with E-state index in [1.807, 2.05) is 33.3 Å². The van der Waals surface area contributed by atoms with Gasteiger partial charge in [-0.15, -0.1) is 0 Å². The van der Waals surface area contributed by atoms with E-state index in [0.717, 1.165) is 57.8 Å². The molecule has 0 amide bonds. The van der Waals surface area contributed by atoms with Gasteiger partial charge in [0.05, 0.1) is 40.0 Å². The molecule has 11 nitrogen and oxygen atoms in total. The maximum absolute atomic E-state index is 12.7.